The topological polar surface area (TPSA) is 178 Å². The van der Waals surface area contributed by atoms with Gasteiger partial charge in [0.1, 0.15) is 0 Å². The van der Waals surface area contributed by atoms with Crippen LogP contribution < -0.4 is 17.1 Å². The minimum atomic E-state index is -2.23. The van der Waals surface area contributed by atoms with E-state index in [-0.39, 0.29) is 0 Å². The van der Waals surface area contributed by atoms with E-state index >= 15 is 0 Å². The lowest BCUT2D eigenvalue weighted by Gasteiger charge is -2.04. The quantitative estimate of drug-likeness (QED) is 0.465. The molecule has 0 radical (unpaired) electrons. The summed E-state index contributed by atoms with van der Waals surface area (Å²) in [7, 11) is 0. The lowest BCUT2D eigenvalue weighted by Crippen LogP contribution is -2.59. The van der Waals surface area contributed by atoms with Crippen LogP contribution in [0.25, 0.3) is 0 Å². The zero-order valence-electron chi connectivity index (χ0n) is 8.13. The fourth-order valence-electron chi connectivity index (χ4n) is 1.04. The van der Waals surface area contributed by atoms with Gasteiger partial charge in [-0.3, -0.25) is 0 Å². The second-order valence-corrected chi connectivity index (χ2v) is 2.70. The van der Waals surface area contributed by atoms with Crippen molar-refractivity contribution in [2.45, 2.75) is 0 Å². The van der Waals surface area contributed by atoms with Crippen LogP contribution in [0.4, 0.5) is 14.4 Å². The highest BCUT2D eigenvalue weighted by molar-refractivity contribution is 5.73. The molecule has 0 saturated carbocycles. The minimum absolute atomic E-state index is 0.719. The Kier molecular flexibility index (Phi) is 2.87. The second kappa shape index (κ2) is 4.00. The zero-order chi connectivity index (χ0) is 14.2. The first-order valence-electron chi connectivity index (χ1n) is 3.91. The maximum atomic E-state index is 11.2. The summed E-state index contributed by atoms with van der Waals surface area (Å²) >= 11 is 0. The summed E-state index contributed by atoms with van der Waals surface area (Å²) in [6.45, 7) is 0. The molecule has 1 heterocycles. The van der Waals surface area contributed by atoms with E-state index in [9.17, 15) is 28.8 Å². The Labute approximate surface area is 94.2 Å². The van der Waals surface area contributed by atoms with E-state index in [1.807, 2.05) is 0 Å². The van der Waals surface area contributed by atoms with Crippen molar-refractivity contribution in [1.29, 1.82) is 0 Å². The van der Waals surface area contributed by atoms with Crippen LogP contribution in [0, 0.1) is 0 Å². The van der Waals surface area contributed by atoms with E-state index in [2.05, 4.69) is 0 Å². The van der Waals surface area contributed by atoms with E-state index < -0.39 is 49.1 Å². The van der Waals surface area contributed by atoms with Crippen molar-refractivity contribution in [1.82, 2.24) is 13.7 Å². The molecule has 1 aromatic rings. The fraction of sp³-hybridized carbons (Fsp3) is 0. The number of aromatic nitrogens is 3. The number of carbonyl (C=O) groups is 3. The fourth-order valence-corrected chi connectivity index (χ4v) is 1.04. The predicted octanol–water partition coefficient (Wildman–Crippen LogP) is -2.25. The molecule has 0 aliphatic rings. The SMILES string of the molecule is O=C(O)n1c(=O)n(C(=O)O)c(=O)n(C(=O)O)c1=O. The van der Waals surface area contributed by atoms with Crippen LogP contribution in [0.2, 0.25) is 0 Å². The standard InChI is InChI=1S/C6H3N3O9/c10-1-7(4(13)14)2(11)9(6(17)18)3(12)8(1)5(15)16/h(H,13,14)(H,15,16)(H,17,18). The Morgan fingerprint density at radius 1 is 0.611 bits per heavy atom. The van der Waals surface area contributed by atoms with Crippen molar-refractivity contribution in [3.8, 4) is 0 Å². The first kappa shape index (κ1) is 12.9. The molecule has 18 heavy (non-hydrogen) atoms. The van der Waals surface area contributed by atoms with E-state index in [0.717, 1.165) is 0 Å². The van der Waals surface area contributed by atoms with E-state index in [4.69, 9.17) is 15.3 Å². The first-order chi connectivity index (χ1) is 8.20. The molecule has 0 bridgehead atoms. The normalized spacial score (nSPS) is 10.0. The first-order valence-corrected chi connectivity index (χ1v) is 3.91. The summed E-state index contributed by atoms with van der Waals surface area (Å²) in [5.74, 6) is 0. The van der Waals surface area contributed by atoms with Crippen LogP contribution in [-0.2, 0) is 0 Å². The Hall–Kier alpha value is -3.18. The lowest BCUT2D eigenvalue weighted by molar-refractivity contribution is 0.180. The molecule has 96 valence electrons. The van der Waals surface area contributed by atoms with Gasteiger partial charge >= 0.3 is 35.3 Å². The summed E-state index contributed by atoms with van der Waals surface area (Å²) in [6, 6.07) is 0. The van der Waals surface area contributed by atoms with Gasteiger partial charge in [0.05, 0.1) is 0 Å². The third kappa shape index (κ3) is 1.66. The molecule has 0 atom stereocenters. The third-order valence-electron chi connectivity index (χ3n) is 1.72. The highest BCUT2D eigenvalue weighted by Crippen LogP contribution is 1.76. The lowest BCUT2D eigenvalue weighted by atomic mass is 10.7. The molecule has 0 unspecified atom stereocenters. The molecular formula is C6H3N3O9. The summed E-state index contributed by atoms with van der Waals surface area (Å²) in [5.41, 5.74) is -5.99. The van der Waals surface area contributed by atoms with Gasteiger partial charge in [0.15, 0.2) is 0 Å². The molecule has 0 aliphatic heterocycles. The third-order valence-corrected chi connectivity index (χ3v) is 1.72. The van der Waals surface area contributed by atoms with Crippen LogP contribution in [-0.4, -0.2) is 47.3 Å². The van der Waals surface area contributed by atoms with Gasteiger partial charge in [-0.05, 0) is 0 Å². The summed E-state index contributed by atoms with van der Waals surface area (Å²) < 4.78 is -2.16. The maximum Gasteiger partial charge on any atom is 0.424 e. The number of carboxylic acid groups (broad SMARTS) is 3. The van der Waals surface area contributed by atoms with Crippen molar-refractivity contribution in [3.05, 3.63) is 31.5 Å². The van der Waals surface area contributed by atoms with Gasteiger partial charge in [-0.1, -0.05) is 0 Å². The molecule has 1 aromatic heterocycles. The monoisotopic (exact) mass is 261 g/mol. The summed E-state index contributed by atoms with van der Waals surface area (Å²) in [5, 5.41) is 25.5. The largest absolute Gasteiger partial charge is 0.464 e. The Morgan fingerprint density at radius 2 is 0.778 bits per heavy atom. The van der Waals surface area contributed by atoms with Crippen LogP contribution in [0.15, 0.2) is 14.4 Å². The highest BCUT2D eigenvalue weighted by atomic mass is 16.4. The number of hydrogen-bond donors (Lipinski definition) is 3. The molecule has 3 N–H and O–H groups in total. The molecule has 0 aromatic carbocycles. The van der Waals surface area contributed by atoms with Crippen molar-refractivity contribution >= 4 is 18.3 Å². The van der Waals surface area contributed by atoms with Gasteiger partial charge in [0.2, 0.25) is 0 Å². The maximum absolute atomic E-state index is 11.2. The number of nitrogens with zero attached hydrogens (tertiary/aromatic N) is 3. The van der Waals surface area contributed by atoms with Gasteiger partial charge in [0, 0.05) is 0 Å². The summed E-state index contributed by atoms with van der Waals surface area (Å²) in [4.78, 5) is 65.3. The molecule has 0 fully saturated rings. The molecule has 12 nitrogen and oxygen atoms in total. The zero-order valence-corrected chi connectivity index (χ0v) is 8.13. The molecule has 1 rings (SSSR count). The van der Waals surface area contributed by atoms with Crippen molar-refractivity contribution < 1.29 is 29.7 Å². The van der Waals surface area contributed by atoms with E-state index in [1.54, 1.807) is 0 Å². The van der Waals surface area contributed by atoms with E-state index in [0.29, 0.717) is 0 Å². The summed E-state index contributed by atoms with van der Waals surface area (Å²) in [6.07, 6.45) is -6.68. The van der Waals surface area contributed by atoms with Crippen LogP contribution in [0.5, 0.6) is 0 Å². The van der Waals surface area contributed by atoms with Crippen LogP contribution >= 0.6 is 0 Å². The minimum Gasteiger partial charge on any atom is -0.464 e. The molecule has 0 saturated heterocycles. The Morgan fingerprint density at radius 3 is 0.889 bits per heavy atom. The van der Waals surface area contributed by atoms with E-state index in [1.165, 1.54) is 0 Å². The van der Waals surface area contributed by atoms with Gasteiger partial charge in [0.25, 0.3) is 0 Å². The molecule has 12 heteroatoms. The van der Waals surface area contributed by atoms with Crippen molar-refractivity contribution in [2.75, 3.05) is 0 Å². The van der Waals surface area contributed by atoms with Gasteiger partial charge < -0.3 is 15.3 Å². The van der Waals surface area contributed by atoms with Gasteiger partial charge in [-0.25, -0.2) is 28.8 Å². The van der Waals surface area contributed by atoms with Gasteiger partial charge in [-0.2, -0.15) is 0 Å². The van der Waals surface area contributed by atoms with Crippen LogP contribution in [0.3, 0.4) is 0 Å². The average Bonchev–Trinajstić information content (AvgIpc) is 2.14. The Bertz CT molecular complexity index is 602. The van der Waals surface area contributed by atoms with Crippen molar-refractivity contribution in [3.63, 3.8) is 0 Å². The van der Waals surface area contributed by atoms with Crippen molar-refractivity contribution in [2.24, 2.45) is 0 Å². The number of hydrogen-bond acceptors (Lipinski definition) is 6. The van der Waals surface area contributed by atoms with Gasteiger partial charge in [-0.15, -0.1) is 13.7 Å². The highest BCUT2D eigenvalue weighted by Gasteiger charge is 2.25. The molecular weight excluding hydrogens is 258 g/mol. The molecule has 0 amide bonds. The Balaban J connectivity index is 4.15. The molecule has 0 aliphatic carbocycles. The number of rotatable bonds is 0. The predicted molar refractivity (Wildman–Crippen MR) is 49.5 cm³/mol. The average molecular weight is 261 g/mol. The van der Waals surface area contributed by atoms with Crippen LogP contribution in [0.1, 0.15) is 0 Å². The smallest absolute Gasteiger partial charge is 0.424 e. The second-order valence-electron chi connectivity index (χ2n) is 2.70. The molecule has 0 spiro atoms.